The topological polar surface area (TPSA) is 22.1 Å². The van der Waals surface area contributed by atoms with Gasteiger partial charge >= 0.3 is 0 Å². The zero-order valence-electron chi connectivity index (χ0n) is 8.93. The molecule has 0 spiro atoms. The predicted octanol–water partition coefficient (Wildman–Crippen LogP) is 3.98. The highest BCUT2D eigenvalue weighted by molar-refractivity contribution is 9.10. The Labute approximate surface area is 103 Å². The highest BCUT2D eigenvalue weighted by Crippen LogP contribution is 2.22. The lowest BCUT2D eigenvalue weighted by Crippen LogP contribution is -2.02. The van der Waals surface area contributed by atoms with Gasteiger partial charge in [0.25, 0.3) is 0 Å². The molecule has 1 aromatic carbocycles. The van der Waals surface area contributed by atoms with E-state index in [1.54, 1.807) is 12.4 Å². The van der Waals surface area contributed by atoms with Crippen molar-refractivity contribution in [2.45, 2.75) is 13.0 Å². The van der Waals surface area contributed by atoms with Gasteiger partial charge in [-0.3, -0.25) is 4.98 Å². The Morgan fingerprint density at radius 3 is 2.62 bits per heavy atom. The summed E-state index contributed by atoms with van der Waals surface area (Å²) in [7, 11) is 0. The second kappa shape index (κ2) is 5.12. The molecule has 82 valence electrons. The Kier molecular flexibility index (Phi) is 3.57. The van der Waals surface area contributed by atoms with Gasteiger partial charge in [0, 0.05) is 10.7 Å². The molecule has 0 aliphatic rings. The first-order valence-electron chi connectivity index (χ1n) is 5.08. The lowest BCUT2D eigenvalue weighted by atomic mass is 10.1. The Hall–Kier alpha value is -1.35. The minimum atomic E-state index is 0.0253. The van der Waals surface area contributed by atoms with Crippen molar-refractivity contribution in [1.82, 2.24) is 4.98 Å². The molecule has 2 nitrogen and oxygen atoms in total. The molecule has 1 atom stereocenters. The van der Waals surface area contributed by atoms with Crippen LogP contribution in [0.1, 0.15) is 18.6 Å². The molecule has 0 radical (unpaired) electrons. The van der Waals surface area contributed by atoms with Crippen LogP contribution in [0.25, 0.3) is 0 Å². The van der Waals surface area contributed by atoms with E-state index in [0.717, 1.165) is 15.8 Å². The number of aromatic nitrogens is 1. The Morgan fingerprint density at radius 2 is 1.94 bits per heavy atom. The normalized spacial score (nSPS) is 12.1. The quantitative estimate of drug-likeness (QED) is 0.847. The van der Waals surface area contributed by atoms with E-state index in [9.17, 15) is 0 Å². The van der Waals surface area contributed by atoms with Crippen LogP contribution in [0, 0.1) is 0 Å². The van der Waals surface area contributed by atoms with E-state index >= 15 is 0 Å². The van der Waals surface area contributed by atoms with Crippen molar-refractivity contribution >= 4 is 15.9 Å². The van der Waals surface area contributed by atoms with Crippen LogP contribution in [0.3, 0.4) is 0 Å². The third kappa shape index (κ3) is 2.83. The van der Waals surface area contributed by atoms with Crippen LogP contribution in [-0.2, 0) is 0 Å². The first kappa shape index (κ1) is 11.1. The Balaban J connectivity index is 2.11. The molecule has 0 fully saturated rings. The van der Waals surface area contributed by atoms with Gasteiger partial charge in [-0.1, -0.05) is 30.3 Å². The maximum absolute atomic E-state index is 5.79. The largest absolute Gasteiger partial charge is 0.484 e. The average Bonchev–Trinajstić information content (AvgIpc) is 2.30. The predicted molar refractivity (Wildman–Crippen MR) is 67.4 cm³/mol. The molecule has 0 aliphatic heterocycles. The number of pyridine rings is 1. The van der Waals surface area contributed by atoms with Gasteiger partial charge in [0.2, 0.25) is 0 Å². The fourth-order valence-electron chi connectivity index (χ4n) is 1.45. The van der Waals surface area contributed by atoms with Gasteiger partial charge in [0.05, 0.1) is 6.20 Å². The van der Waals surface area contributed by atoms with Crippen molar-refractivity contribution in [1.29, 1.82) is 0 Å². The molecule has 0 saturated heterocycles. The van der Waals surface area contributed by atoms with Crippen molar-refractivity contribution in [3.8, 4) is 5.75 Å². The zero-order chi connectivity index (χ0) is 11.4. The van der Waals surface area contributed by atoms with E-state index in [2.05, 4.69) is 33.0 Å². The number of ether oxygens (including phenoxy) is 1. The molecule has 2 aromatic rings. The summed E-state index contributed by atoms with van der Waals surface area (Å²) in [4.78, 5) is 4.06. The maximum atomic E-state index is 5.79. The van der Waals surface area contributed by atoms with Crippen LogP contribution >= 0.6 is 15.9 Å². The molecule has 3 heteroatoms. The summed E-state index contributed by atoms with van der Waals surface area (Å²) in [6.45, 7) is 2.02. The number of rotatable bonds is 3. The van der Waals surface area contributed by atoms with Crippen LogP contribution in [0.15, 0.2) is 53.3 Å². The highest BCUT2D eigenvalue weighted by atomic mass is 79.9. The SMILES string of the molecule is CC(Oc1cncc(Br)c1)c1ccccc1. The Morgan fingerprint density at radius 1 is 1.19 bits per heavy atom. The van der Waals surface area contributed by atoms with Gasteiger partial charge < -0.3 is 4.74 Å². The lowest BCUT2D eigenvalue weighted by Gasteiger charge is -2.14. The van der Waals surface area contributed by atoms with Gasteiger partial charge in [0.15, 0.2) is 0 Å². The molecular weight excluding hydrogens is 266 g/mol. The van der Waals surface area contributed by atoms with Crippen LogP contribution in [0.2, 0.25) is 0 Å². The molecule has 1 aromatic heterocycles. The average molecular weight is 278 g/mol. The van der Waals surface area contributed by atoms with E-state index in [4.69, 9.17) is 4.74 Å². The number of hydrogen-bond acceptors (Lipinski definition) is 2. The van der Waals surface area contributed by atoms with E-state index in [0.29, 0.717) is 0 Å². The first-order valence-corrected chi connectivity index (χ1v) is 5.87. The fourth-order valence-corrected chi connectivity index (χ4v) is 1.80. The van der Waals surface area contributed by atoms with Crippen LogP contribution in [0.4, 0.5) is 0 Å². The van der Waals surface area contributed by atoms with Crippen LogP contribution in [-0.4, -0.2) is 4.98 Å². The highest BCUT2D eigenvalue weighted by Gasteiger charge is 2.06. The molecule has 0 saturated carbocycles. The van der Waals surface area contributed by atoms with Crippen LogP contribution < -0.4 is 4.74 Å². The molecule has 0 N–H and O–H groups in total. The van der Waals surface area contributed by atoms with Crippen molar-refractivity contribution in [3.05, 3.63) is 58.8 Å². The minimum absolute atomic E-state index is 0.0253. The molecular formula is C13H12BrNO. The summed E-state index contributed by atoms with van der Waals surface area (Å²) in [5.74, 6) is 0.769. The number of hydrogen-bond donors (Lipinski definition) is 0. The smallest absolute Gasteiger partial charge is 0.139 e. The Bertz CT molecular complexity index is 458. The molecule has 1 unspecified atom stereocenters. The third-order valence-corrected chi connectivity index (χ3v) is 2.70. The van der Waals surface area contributed by atoms with E-state index in [1.807, 2.05) is 31.2 Å². The second-order valence-electron chi connectivity index (χ2n) is 3.51. The minimum Gasteiger partial charge on any atom is -0.484 e. The number of halogens is 1. The first-order chi connectivity index (χ1) is 7.75. The molecule has 16 heavy (non-hydrogen) atoms. The second-order valence-corrected chi connectivity index (χ2v) is 4.43. The maximum Gasteiger partial charge on any atom is 0.139 e. The molecule has 0 amide bonds. The molecule has 0 bridgehead atoms. The monoisotopic (exact) mass is 277 g/mol. The fraction of sp³-hybridized carbons (Fsp3) is 0.154. The van der Waals surface area contributed by atoms with Gasteiger partial charge in [-0.25, -0.2) is 0 Å². The van der Waals surface area contributed by atoms with E-state index < -0.39 is 0 Å². The lowest BCUT2D eigenvalue weighted by molar-refractivity contribution is 0.226. The summed E-state index contributed by atoms with van der Waals surface area (Å²) >= 11 is 3.37. The third-order valence-electron chi connectivity index (χ3n) is 2.26. The molecule has 2 rings (SSSR count). The summed E-state index contributed by atoms with van der Waals surface area (Å²) in [5, 5.41) is 0. The van der Waals surface area contributed by atoms with Crippen LogP contribution in [0.5, 0.6) is 5.75 Å². The summed E-state index contributed by atoms with van der Waals surface area (Å²) in [5.41, 5.74) is 1.16. The standard InChI is InChI=1S/C13H12BrNO/c1-10(11-5-3-2-4-6-11)16-13-7-12(14)8-15-9-13/h2-10H,1H3. The van der Waals surface area contributed by atoms with Gasteiger partial charge in [0.1, 0.15) is 11.9 Å². The summed E-state index contributed by atoms with van der Waals surface area (Å²) < 4.78 is 6.71. The van der Waals surface area contributed by atoms with Crippen molar-refractivity contribution in [2.75, 3.05) is 0 Å². The number of benzene rings is 1. The van der Waals surface area contributed by atoms with Crippen molar-refractivity contribution < 1.29 is 4.74 Å². The number of nitrogens with zero attached hydrogens (tertiary/aromatic N) is 1. The summed E-state index contributed by atoms with van der Waals surface area (Å²) in [6, 6.07) is 12.0. The molecule has 0 aliphatic carbocycles. The molecule has 1 heterocycles. The summed E-state index contributed by atoms with van der Waals surface area (Å²) in [6.07, 6.45) is 3.47. The van der Waals surface area contributed by atoms with E-state index in [1.165, 1.54) is 0 Å². The van der Waals surface area contributed by atoms with Gasteiger partial charge in [-0.05, 0) is 34.5 Å². The zero-order valence-corrected chi connectivity index (χ0v) is 10.5. The van der Waals surface area contributed by atoms with Crippen molar-refractivity contribution in [3.63, 3.8) is 0 Å². The van der Waals surface area contributed by atoms with Gasteiger partial charge in [-0.2, -0.15) is 0 Å². The van der Waals surface area contributed by atoms with Crippen molar-refractivity contribution in [2.24, 2.45) is 0 Å². The van der Waals surface area contributed by atoms with Gasteiger partial charge in [-0.15, -0.1) is 0 Å². The van der Waals surface area contributed by atoms with E-state index in [-0.39, 0.29) is 6.10 Å².